The van der Waals surface area contributed by atoms with E-state index in [1.54, 1.807) is 0 Å². The van der Waals surface area contributed by atoms with Crippen LogP contribution in [0.3, 0.4) is 0 Å². The highest BCUT2D eigenvalue weighted by Gasteiger charge is 2.21. The largest absolute Gasteiger partial charge is 0.351 e. The van der Waals surface area contributed by atoms with E-state index in [1.165, 1.54) is 36.4 Å². The number of pyridine rings is 1. The zero-order chi connectivity index (χ0) is 19.7. The van der Waals surface area contributed by atoms with Crippen LogP contribution in [0.2, 0.25) is 0 Å². The summed E-state index contributed by atoms with van der Waals surface area (Å²) in [7, 11) is 0. The van der Waals surface area contributed by atoms with Crippen LogP contribution in [0.25, 0.3) is 21.1 Å². The zero-order valence-corrected chi connectivity index (χ0v) is 17.8. The Morgan fingerprint density at radius 2 is 1.96 bits per heavy atom. The number of thiophene rings is 1. The molecule has 0 saturated carbocycles. The van der Waals surface area contributed by atoms with E-state index >= 15 is 0 Å². The fraction of sp³-hybridized carbons (Fsp3) is 0.478. The van der Waals surface area contributed by atoms with Gasteiger partial charge in [-0.2, -0.15) is 0 Å². The normalized spacial score (nSPS) is 20.7. The molecule has 0 spiro atoms. The predicted molar refractivity (Wildman–Crippen MR) is 118 cm³/mol. The molecule has 1 aliphatic rings. The van der Waals surface area contributed by atoms with Gasteiger partial charge in [-0.15, -0.1) is 11.3 Å². The van der Waals surface area contributed by atoms with Crippen molar-refractivity contribution in [1.82, 2.24) is 15.2 Å². The van der Waals surface area contributed by atoms with Gasteiger partial charge in [0.2, 0.25) is 0 Å². The van der Waals surface area contributed by atoms with Crippen LogP contribution in [0.15, 0.2) is 30.3 Å². The number of rotatable bonds is 5. The molecule has 148 valence electrons. The van der Waals surface area contributed by atoms with Crippen LogP contribution in [0.5, 0.6) is 0 Å². The SMILES string of the molecule is Cc1ccc2cc3cc(C(=O)NCCCN4C[C@H](C)C[C@H](C)C4)sc3nc2c1. The fourth-order valence-corrected chi connectivity index (χ4v) is 5.35. The maximum absolute atomic E-state index is 12.6. The molecule has 3 aromatic rings. The summed E-state index contributed by atoms with van der Waals surface area (Å²) in [6.07, 6.45) is 2.33. The van der Waals surface area contributed by atoms with Gasteiger partial charge in [-0.1, -0.05) is 26.0 Å². The van der Waals surface area contributed by atoms with Crippen molar-refractivity contribution < 1.29 is 4.79 Å². The summed E-state index contributed by atoms with van der Waals surface area (Å²) in [5.41, 5.74) is 2.19. The van der Waals surface area contributed by atoms with Crippen LogP contribution in [-0.4, -0.2) is 42.0 Å². The second-order valence-electron chi connectivity index (χ2n) is 8.50. The number of hydrogen-bond acceptors (Lipinski definition) is 4. The molecule has 4 rings (SSSR count). The average Bonchev–Trinajstić information content (AvgIpc) is 3.05. The number of hydrogen-bond donors (Lipinski definition) is 1. The number of aromatic nitrogens is 1. The third-order valence-corrected chi connectivity index (χ3v) is 6.61. The highest BCUT2D eigenvalue weighted by atomic mass is 32.1. The molecule has 0 radical (unpaired) electrons. The first-order valence-corrected chi connectivity index (χ1v) is 11.1. The molecule has 0 bridgehead atoms. The molecule has 2 aromatic heterocycles. The van der Waals surface area contributed by atoms with Gasteiger partial charge >= 0.3 is 0 Å². The van der Waals surface area contributed by atoms with Crippen molar-refractivity contribution >= 4 is 38.4 Å². The van der Waals surface area contributed by atoms with E-state index in [2.05, 4.69) is 55.3 Å². The van der Waals surface area contributed by atoms with Crippen molar-refractivity contribution in [2.75, 3.05) is 26.2 Å². The minimum atomic E-state index is 0.0172. The summed E-state index contributed by atoms with van der Waals surface area (Å²) in [4.78, 5) is 21.5. The van der Waals surface area contributed by atoms with Gasteiger partial charge in [-0.25, -0.2) is 4.98 Å². The lowest BCUT2D eigenvalue weighted by Crippen LogP contribution is -2.40. The van der Waals surface area contributed by atoms with Crippen LogP contribution in [0, 0.1) is 18.8 Å². The van der Waals surface area contributed by atoms with Gasteiger partial charge in [0, 0.05) is 30.4 Å². The molecule has 0 aliphatic carbocycles. The van der Waals surface area contributed by atoms with E-state index in [0.717, 1.165) is 57.3 Å². The molecular weight excluding hydrogens is 366 g/mol. The van der Waals surface area contributed by atoms with Gasteiger partial charge in [0.25, 0.3) is 5.91 Å². The second kappa shape index (κ2) is 8.18. The van der Waals surface area contributed by atoms with Gasteiger partial charge in [-0.3, -0.25) is 4.79 Å². The van der Waals surface area contributed by atoms with Crippen molar-refractivity contribution in [2.45, 2.75) is 33.6 Å². The van der Waals surface area contributed by atoms with Crippen LogP contribution in [0.4, 0.5) is 0 Å². The number of carbonyl (C=O) groups excluding carboxylic acids is 1. The molecule has 1 saturated heterocycles. The van der Waals surface area contributed by atoms with E-state index in [-0.39, 0.29) is 5.91 Å². The van der Waals surface area contributed by atoms with E-state index in [0.29, 0.717) is 0 Å². The first-order chi connectivity index (χ1) is 13.5. The molecular formula is C23H29N3OS. The minimum Gasteiger partial charge on any atom is -0.351 e. The minimum absolute atomic E-state index is 0.0172. The van der Waals surface area contributed by atoms with Gasteiger partial charge in [0.1, 0.15) is 4.83 Å². The van der Waals surface area contributed by atoms with Gasteiger partial charge < -0.3 is 10.2 Å². The summed E-state index contributed by atoms with van der Waals surface area (Å²) >= 11 is 1.48. The number of piperidine rings is 1. The number of benzene rings is 1. The lowest BCUT2D eigenvalue weighted by Gasteiger charge is -2.34. The van der Waals surface area contributed by atoms with Crippen molar-refractivity contribution in [1.29, 1.82) is 0 Å². The van der Waals surface area contributed by atoms with Crippen LogP contribution in [0.1, 0.15) is 41.9 Å². The monoisotopic (exact) mass is 395 g/mol. The molecule has 1 fully saturated rings. The maximum Gasteiger partial charge on any atom is 0.261 e. The molecule has 1 aliphatic heterocycles. The number of fused-ring (bicyclic) bond motifs is 2. The Hall–Kier alpha value is -1.98. The molecule has 5 heteroatoms. The first-order valence-electron chi connectivity index (χ1n) is 10.3. The lowest BCUT2D eigenvalue weighted by molar-refractivity contribution is 0.0951. The number of nitrogens with one attached hydrogen (secondary N) is 1. The zero-order valence-electron chi connectivity index (χ0n) is 17.0. The smallest absolute Gasteiger partial charge is 0.261 e. The van der Waals surface area contributed by atoms with Gasteiger partial charge in [0.15, 0.2) is 0 Å². The molecule has 0 unspecified atom stereocenters. The molecule has 28 heavy (non-hydrogen) atoms. The van der Waals surface area contributed by atoms with E-state index in [4.69, 9.17) is 4.98 Å². The summed E-state index contributed by atoms with van der Waals surface area (Å²) in [6.45, 7) is 10.9. The summed E-state index contributed by atoms with van der Waals surface area (Å²) in [6, 6.07) is 10.4. The second-order valence-corrected chi connectivity index (χ2v) is 9.54. The first kappa shape index (κ1) is 19.3. The van der Waals surface area contributed by atoms with Gasteiger partial charge in [-0.05, 0) is 61.9 Å². The summed E-state index contributed by atoms with van der Waals surface area (Å²) < 4.78 is 0. The standard InChI is InChI=1S/C23H29N3OS/c1-15-5-6-18-11-19-12-21(28-23(19)25-20(18)10-15)22(27)24-7-4-8-26-13-16(2)9-17(3)14-26/h5-6,10-12,16-17H,4,7-9,13-14H2,1-3H3,(H,24,27)/t16-,17+. The van der Waals surface area contributed by atoms with E-state index < -0.39 is 0 Å². The Balaban J connectivity index is 1.35. The fourth-order valence-electron chi connectivity index (χ4n) is 4.41. The van der Waals surface area contributed by atoms with Crippen LogP contribution in [-0.2, 0) is 0 Å². The number of likely N-dealkylation sites (tertiary alicyclic amines) is 1. The maximum atomic E-state index is 12.6. The van der Waals surface area contributed by atoms with Crippen molar-refractivity contribution in [2.24, 2.45) is 11.8 Å². The van der Waals surface area contributed by atoms with E-state index in [1.807, 2.05) is 6.07 Å². The lowest BCUT2D eigenvalue weighted by atomic mass is 9.92. The van der Waals surface area contributed by atoms with Crippen molar-refractivity contribution in [3.63, 3.8) is 0 Å². The number of nitrogens with zero attached hydrogens (tertiary/aromatic N) is 2. The van der Waals surface area contributed by atoms with Crippen LogP contribution >= 0.6 is 11.3 Å². The summed E-state index contributed by atoms with van der Waals surface area (Å²) in [5.74, 6) is 1.58. The average molecular weight is 396 g/mol. The van der Waals surface area contributed by atoms with Crippen LogP contribution < -0.4 is 5.32 Å². The Kier molecular flexibility index (Phi) is 5.65. The predicted octanol–water partition coefficient (Wildman–Crippen LogP) is 4.86. The molecule has 3 heterocycles. The molecule has 4 nitrogen and oxygen atoms in total. The summed E-state index contributed by atoms with van der Waals surface area (Å²) in [5, 5.41) is 5.25. The Morgan fingerprint density at radius 3 is 2.75 bits per heavy atom. The van der Waals surface area contributed by atoms with E-state index in [9.17, 15) is 4.79 Å². The molecule has 1 N–H and O–H groups in total. The molecule has 1 aromatic carbocycles. The highest BCUT2D eigenvalue weighted by Crippen LogP contribution is 2.28. The third kappa shape index (κ3) is 4.36. The Morgan fingerprint density at radius 1 is 1.18 bits per heavy atom. The van der Waals surface area contributed by atoms with Gasteiger partial charge in [0.05, 0.1) is 10.4 Å². The number of aryl methyl sites for hydroxylation is 1. The Labute approximate surface area is 170 Å². The molecule has 2 atom stereocenters. The third-order valence-electron chi connectivity index (χ3n) is 5.56. The highest BCUT2D eigenvalue weighted by molar-refractivity contribution is 7.20. The van der Waals surface area contributed by atoms with Crippen molar-refractivity contribution in [3.05, 3.63) is 40.8 Å². The quantitative estimate of drug-likeness (QED) is 0.628. The topological polar surface area (TPSA) is 45.2 Å². The van der Waals surface area contributed by atoms with Crippen molar-refractivity contribution in [3.8, 4) is 0 Å². The Bertz CT molecular complexity index is 986. The molecule has 1 amide bonds. The number of carbonyl (C=O) groups is 1. The number of amides is 1.